The Kier molecular flexibility index (Phi) is 3.18. The molecule has 2 saturated carbocycles. The first-order valence-electron chi connectivity index (χ1n) is 6.47. The molecule has 3 rings (SSSR count). The third-order valence-electron chi connectivity index (χ3n) is 4.67. The largest absolute Gasteiger partial charge is 0.324 e. The summed E-state index contributed by atoms with van der Waals surface area (Å²) in [6.07, 6.45) is 4.64. The molecule has 2 N–H and O–H groups in total. The van der Waals surface area contributed by atoms with Crippen molar-refractivity contribution in [3.63, 3.8) is 0 Å². The standard InChI is InChI=1S/C14H16BrF2N/c15-10-3-4-11(16)12(13(10)17)14(18)9-6-7-1-2-8(9)5-7/h3-4,7-9,14H,1-2,5-6,18H2. The fraction of sp³-hybridized carbons (Fsp3) is 0.571. The van der Waals surface area contributed by atoms with Crippen LogP contribution in [0.1, 0.15) is 37.3 Å². The summed E-state index contributed by atoms with van der Waals surface area (Å²) in [5.41, 5.74) is 6.21. The fourth-order valence-electron chi connectivity index (χ4n) is 3.80. The Balaban J connectivity index is 1.93. The second-order valence-electron chi connectivity index (χ2n) is 5.62. The number of nitrogens with two attached hydrogens (primary N) is 1. The summed E-state index contributed by atoms with van der Waals surface area (Å²) in [4.78, 5) is 0. The van der Waals surface area contributed by atoms with E-state index in [1.807, 2.05) is 0 Å². The third kappa shape index (κ3) is 1.90. The van der Waals surface area contributed by atoms with Gasteiger partial charge in [0, 0.05) is 11.6 Å². The Morgan fingerprint density at radius 3 is 2.61 bits per heavy atom. The number of rotatable bonds is 2. The molecule has 2 aliphatic carbocycles. The van der Waals surface area contributed by atoms with Crippen molar-refractivity contribution < 1.29 is 8.78 Å². The Labute approximate surface area is 114 Å². The summed E-state index contributed by atoms with van der Waals surface area (Å²) in [6.45, 7) is 0. The maximum Gasteiger partial charge on any atom is 0.145 e. The number of hydrogen-bond donors (Lipinski definition) is 1. The smallest absolute Gasteiger partial charge is 0.145 e. The van der Waals surface area contributed by atoms with Crippen molar-refractivity contribution in [2.24, 2.45) is 23.5 Å². The molecule has 0 amide bonds. The number of benzene rings is 1. The summed E-state index contributed by atoms with van der Waals surface area (Å²) in [5, 5.41) is 0. The lowest BCUT2D eigenvalue weighted by molar-refractivity contribution is 0.275. The Bertz CT molecular complexity index is 477. The maximum absolute atomic E-state index is 14.0. The van der Waals surface area contributed by atoms with Crippen LogP contribution in [0, 0.1) is 29.4 Å². The van der Waals surface area contributed by atoms with Gasteiger partial charge in [-0.3, -0.25) is 0 Å². The molecule has 0 spiro atoms. The molecule has 1 nitrogen and oxygen atoms in total. The van der Waals surface area contributed by atoms with Crippen molar-refractivity contribution in [2.75, 3.05) is 0 Å². The lowest BCUT2D eigenvalue weighted by Crippen LogP contribution is -2.27. The quantitative estimate of drug-likeness (QED) is 0.815. The molecule has 0 aromatic heterocycles. The first-order chi connectivity index (χ1) is 8.58. The molecule has 0 aliphatic heterocycles. The van der Waals surface area contributed by atoms with Crippen LogP contribution in [0.25, 0.3) is 0 Å². The van der Waals surface area contributed by atoms with E-state index in [2.05, 4.69) is 15.9 Å². The molecule has 0 radical (unpaired) electrons. The molecule has 1 aromatic rings. The summed E-state index contributed by atoms with van der Waals surface area (Å²) in [7, 11) is 0. The van der Waals surface area contributed by atoms with Crippen LogP contribution in [0.4, 0.5) is 8.78 Å². The predicted octanol–water partition coefficient (Wildman–Crippen LogP) is 4.16. The third-order valence-corrected chi connectivity index (χ3v) is 5.28. The zero-order chi connectivity index (χ0) is 12.9. The summed E-state index contributed by atoms with van der Waals surface area (Å²) in [6, 6.07) is 2.16. The van der Waals surface area contributed by atoms with E-state index in [4.69, 9.17) is 5.73 Å². The SMILES string of the molecule is NC(c1c(F)ccc(Br)c1F)C1CC2CCC1C2. The number of fused-ring (bicyclic) bond motifs is 2. The molecule has 2 fully saturated rings. The number of halogens is 3. The van der Waals surface area contributed by atoms with E-state index in [0.29, 0.717) is 5.92 Å². The average molecular weight is 316 g/mol. The van der Waals surface area contributed by atoms with Gasteiger partial charge in [-0.1, -0.05) is 6.42 Å². The normalized spacial score (nSPS) is 31.9. The van der Waals surface area contributed by atoms with Crippen LogP contribution in [0.5, 0.6) is 0 Å². The molecule has 4 heteroatoms. The zero-order valence-corrected chi connectivity index (χ0v) is 11.6. The van der Waals surface area contributed by atoms with Crippen LogP contribution in [0.3, 0.4) is 0 Å². The molecular weight excluding hydrogens is 300 g/mol. The molecule has 0 saturated heterocycles. The van der Waals surface area contributed by atoms with Crippen molar-refractivity contribution in [3.8, 4) is 0 Å². The van der Waals surface area contributed by atoms with E-state index in [1.165, 1.54) is 31.4 Å². The van der Waals surface area contributed by atoms with E-state index < -0.39 is 17.7 Å². The molecule has 1 aromatic carbocycles. The molecule has 18 heavy (non-hydrogen) atoms. The second kappa shape index (κ2) is 4.57. The Morgan fingerprint density at radius 1 is 1.22 bits per heavy atom. The lowest BCUT2D eigenvalue weighted by Gasteiger charge is -2.28. The minimum absolute atomic E-state index is 0.0573. The van der Waals surface area contributed by atoms with Gasteiger partial charge in [0.15, 0.2) is 0 Å². The highest BCUT2D eigenvalue weighted by Gasteiger charge is 2.43. The lowest BCUT2D eigenvalue weighted by atomic mass is 9.80. The van der Waals surface area contributed by atoms with Crippen LogP contribution in [0.15, 0.2) is 16.6 Å². The first-order valence-corrected chi connectivity index (χ1v) is 7.26. The van der Waals surface area contributed by atoms with Gasteiger partial charge in [-0.15, -0.1) is 0 Å². The highest BCUT2D eigenvalue weighted by atomic mass is 79.9. The minimum Gasteiger partial charge on any atom is -0.324 e. The van der Waals surface area contributed by atoms with Crippen LogP contribution in [-0.4, -0.2) is 0 Å². The first kappa shape index (κ1) is 12.5. The fourth-order valence-corrected chi connectivity index (χ4v) is 4.14. The van der Waals surface area contributed by atoms with Crippen LogP contribution < -0.4 is 5.73 Å². The summed E-state index contributed by atoms with van der Waals surface area (Å²) in [5.74, 6) is 0.463. The van der Waals surface area contributed by atoms with Crippen molar-refractivity contribution in [1.29, 1.82) is 0 Å². The van der Waals surface area contributed by atoms with Gasteiger partial charge in [-0.05, 0) is 65.1 Å². The maximum atomic E-state index is 14.0. The second-order valence-corrected chi connectivity index (χ2v) is 6.48. The molecule has 0 heterocycles. The topological polar surface area (TPSA) is 26.0 Å². The molecule has 4 atom stereocenters. The van der Waals surface area contributed by atoms with Gasteiger partial charge < -0.3 is 5.73 Å². The summed E-state index contributed by atoms with van der Waals surface area (Å²) < 4.78 is 28.2. The van der Waals surface area contributed by atoms with Crippen molar-refractivity contribution in [2.45, 2.75) is 31.7 Å². The monoisotopic (exact) mass is 315 g/mol. The van der Waals surface area contributed by atoms with Crippen LogP contribution >= 0.6 is 15.9 Å². The average Bonchev–Trinajstić information content (AvgIpc) is 2.96. The van der Waals surface area contributed by atoms with E-state index in [-0.39, 0.29) is 16.0 Å². The zero-order valence-electron chi connectivity index (χ0n) is 10.0. The summed E-state index contributed by atoms with van der Waals surface area (Å²) >= 11 is 3.10. The van der Waals surface area contributed by atoms with Crippen LogP contribution in [-0.2, 0) is 0 Å². The van der Waals surface area contributed by atoms with Crippen LogP contribution in [0.2, 0.25) is 0 Å². The van der Waals surface area contributed by atoms with Gasteiger partial charge in [-0.2, -0.15) is 0 Å². The Hall–Kier alpha value is -0.480. The van der Waals surface area contributed by atoms with E-state index in [9.17, 15) is 8.78 Å². The van der Waals surface area contributed by atoms with Gasteiger partial charge in [0.05, 0.1) is 4.47 Å². The van der Waals surface area contributed by atoms with E-state index in [1.54, 1.807) is 0 Å². The highest BCUT2D eigenvalue weighted by molar-refractivity contribution is 9.10. The molecule has 98 valence electrons. The van der Waals surface area contributed by atoms with Crippen molar-refractivity contribution in [3.05, 3.63) is 33.8 Å². The molecular formula is C14H16BrF2N. The van der Waals surface area contributed by atoms with Gasteiger partial charge in [0.2, 0.25) is 0 Å². The molecule has 4 unspecified atom stereocenters. The molecule has 2 aliphatic rings. The van der Waals surface area contributed by atoms with E-state index >= 15 is 0 Å². The predicted molar refractivity (Wildman–Crippen MR) is 69.9 cm³/mol. The van der Waals surface area contributed by atoms with Gasteiger partial charge in [0.1, 0.15) is 11.6 Å². The van der Waals surface area contributed by atoms with Gasteiger partial charge >= 0.3 is 0 Å². The van der Waals surface area contributed by atoms with Crippen molar-refractivity contribution >= 4 is 15.9 Å². The number of hydrogen-bond acceptors (Lipinski definition) is 1. The minimum atomic E-state index is -0.537. The van der Waals surface area contributed by atoms with Gasteiger partial charge in [-0.25, -0.2) is 8.78 Å². The van der Waals surface area contributed by atoms with Crippen molar-refractivity contribution in [1.82, 2.24) is 0 Å². The molecule has 2 bridgehead atoms. The van der Waals surface area contributed by atoms with Gasteiger partial charge in [0.25, 0.3) is 0 Å². The Morgan fingerprint density at radius 2 is 2.00 bits per heavy atom. The van der Waals surface area contributed by atoms with E-state index in [0.717, 1.165) is 12.3 Å². The highest BCUT2D eigenvalue weighted by Crippen LogP contribution is 2.52.